The van der Waals surface area contributed by atoms with Crippen LogP contribution in [-0.4, -0.2) is 20.6 Å². The van der Waals surface area contributed by atoms with Gasteiger partial charge in [-0.3, -0.25) is 4.57 Å². The zero-order chi connectivity index (χ0) is 21.7. The van der Waals surface area contributed by atoms with Crippen LogP contribution < -0.4 is 4.90 Å². The summed E-state index contributed by atoms with van der Waals surface area (Å²) in [5, 5.41) is 10.1. The van der Waals surface area contributed by atoms with Crippen molar-refractivity contribution >= 4 is 33.4 Å². The van der Waals surface area contributed by atoms with E-state index in [0.29, 0.717) is 0 Å². The molecule has 2 heterocycles. The van der Waals surface area contributed by atoms with Gasteiger partial charge in [-0.25, -0.2) is 0 Å². The Morgan fingerprint density at radius 3 is 2.03 bits per heavy atom. The van der Waals surface area contributed by atoms with E-state index in [9.17, 15) is 0 Å². The monoisotopic (exact) mass is 484 g/mol. The third-order valence-electron chi connectivity index (χ3n) is 5.49. The van der Waals surface area contributed by atoms with Crippen molar-refractivity contribution in [3.63, 3.8) is 0 Å². The molecule has 0 fully saturated rings. The normalized spacial score (nSPS) is 14.7. The van der Waals surface area contributed by atoms with Crippen molar-refractivity contribution < 1.29 is 0 Å². The van der Waals surface area contributed by atoms with Gasteiger partial charge in [0.05, 0.1) is 12.5 Å². The van der Waals surface area contributed by atoms with Crippen LogP contribution in [0.15, 0.2) is 52.1 Å². The van der Waals surface area contributed by atoms with Gasteiger partial charge in [0.15, 0.2) is 11.0 Å². The Morgan fingerprint density at radius 2 is 1.47 bits per heavy atom. The predicted molar refractivity (Wildman–Crippen MR) is 130 cm³/mol. The molecule has 0 aliphatic carbocycles. The number of nitrogens with zero attached hydrogens (tertiary/aromatic N) is 4. The molecule has 0 N–H and O–H groups in total. The van der Waals surface area contributed by atoms with E-state index in [-0.39, 0.29) is 10.8 Å². The minimum atomic E-state index is 0.0684. The van der Waals surface area contributed by atoms with Crippen molar-refractivity contribution in [3.05, 3.63) is 58.1 Å². The lowest BCUT2D eigenvalue weighted by Gasteiger charge is -2.30. The number of fused-ring (bicyclic) bond motifs is 1. The Hall–Kier alpha value is -1.79. The van der Waals surface area contributed by atoms with Crippen LogP contribution in [-0.2, 0) is 17.5 Å². The number of hydrogen-bond donors (Lipinski definition) is 0. The van der Waals surface area contributed by atoms with Crippen molar-refractivity contribution in [1.29, 1.82) is 0 Å². The summed E-state index contributed by atoms with van der Waals surface area (Å²) >= 11 is 5.26. The second-order valence-corrected chi connectivity index (χ2v) is 11.8. The lowest BCUT2D eigenvalue weighted by molar-refractivity contribution is 0.568. The summed E-state index contributed by atoms with van der Waals surface area (Å²) in [6.45, 7) is 14.3. The number of rotatable bonds is 2. The van der Waals surface area contributed by atoms with Crippen molar-refractivity contribution in [2.45, 2.75) is 64.2 Å². The van der Waals surface area contributed by atoms with E-state index in [1.807, 2.05) is 0 Å². The van der Waals surface area contributed by atoms with Crippen LogP contribution in [0, 0.1) is 0 Å². The quantitative estimate of drug-likeness (QED) is 0.399. The van der Waals surface area contributed by atoms with Gasteiger partial charge in [-0.2, -0.15) is 0 Å². The van der Waals surface area contributed by atoms with Gasteiger partial charge in [0.2, 0.25) is 0 Å². The average molecular weight is 485 g/mol. The van der Waals surface area contributed by atoms with Gasteiger partial charge >= 0.3 is 0 Å². The van der Waals surface area contributed by atoms with Crippen LogP contribution in [0.2, 0.25) is 0 Å². The topological polar surface area (TPSA) is 34.0 Å². The lowest BCUT2D eigenvalue weighted by Crippen LogP contribution is -2.30. The van der Waals surface area contributed by atoms with Crippen molar-refractivity contribution in [1.82, 2.24) is 14.8 Å². The van der Waals surface area contributed by atoms with E-state index in [4.69, 9.17) is 0 Å². The Labute approximate surface area is 192 Å². The zero-order valence-electron chi connectivity index (χ0n) is 18.5. The van der Waals surface area contributed by atoms with Crippen LogP contribution in [0.5, 0.6) is 0 Å². The molecule has 0 atom stereocenters. The molecule has 0 bridgehead atoms. The highest BCUT2D eigenvalue weighted by atomic mass is 79.9. The molecule has 4 rings (SSSR count). The molecule has 0 radical (unpaired) electrons. The fourth-order valence-corrected chi connectivity index (χ4v) is 4.68. The van der Waals surface area contributed by atoms with Gasteiger partial charge in [-0.15, -0.1) is 10.2 Å². The van der Waals surface area contributed by atoms with Crippen molar-refractivity contribution in [3.8, 4) is 11.4 Å². The maximum absolute atomic E-state index is 4.61. The maximum atomic E-state index is 4.61. The Balaban J connectivity index is 1.77. The van der Waals surface area contributed by atoms with Crippen molar-refractivity contribution in [2.75, 3.05) is 10.8 Å². The van der Waals surface area contributed by atoms with Crippen LogP contribution in [0.4, 0.5) is 5.69 Å². The second kappa shape index (κ2) is 7.72. The minimum Gasteiger partial charge on any atom is -0.344 e. The molecule has 0 spiro atoms. The van der Waals surface area contributed by atoms with Crippen LogP contribution in [0.3, 0.4) is 0 Å². The maximum Gasteiger partial charge on any atom is 0.194 e. The molecular formula is C24H29BrN4S. The van der Waals surface area contributed by atoms with Gasteiger partial charge in [-0.05, 0) is 58.4 Å². The van der Waals surface area contributed by atoms with E-state index in [1.54, 1.807) is 11.8 Å². The van der Waals surface area contributed by atoms with E-state index in [0.717, 1.165) is 33.6 Å². The van der Waals surface area contributed by atoms with E-state index in [1.165, 1.54) is 16.8 Å². The van der Waals surface area contributed by atoms with E-state index < -0.39 is 0 Å². The largest absolute Gasteiger partial charge is 0.344 e. The summed E-state index contributed by atoms with van der Waals surface area (Å²) in [4.78, 5) is 2.36. The molecule has 1 aliphatic heterocycles. The van der Waals surface area contributed by atoms with Crippen LogP contribution in [0.1, 0.15) is 52.7 Å². The standard InChI is InChI=1S/C24H29BrN4S/c1-23(2,3)17-11-16(12-18(13-17)24(4,5)6)21-26-27-22-29(21)14-28(15-30-22)20-9-7-19(25)8-10-20/h7-13H,14-15H2,1-6H3. The van der Waals surface area contributed by atoms with Gasteiger partial charge < -0.3 is 4.90 Å². The Morgan fingerprint density at radius 1 is 0.867 bits per heavy atom. The van der Waals surface area contributed by atoms with Crippen LogP contribution >= 0.6 is 27.7 Å². The third kappa shape index (κ3) is 4.30. The third-order valence-corrected chi connectivity index (χ3v) is 7.02. The van der Waals surface area contributed by atoms with E-state index >= 15 is 0 Å². The zero-order valence-corrected chi connectivity index (χ0v) is 20.9. The summed E-state index contributed by atoms with van der Waals surface area (Å²) in [7, 11) is 0. The SMILES string of the molecule is CC(C)(C)c1cc(-c2nnc3n2CN(c2ccc(Br)cc2)CS3)cc(C(C)(C)C)c1. The van der Waals surface area contributed by atoms with Gasteiger partial charge in [0.1, 0.15) is 0 Å². The molecule has 3 aromatic rings. The predicted octanol–water partition coefficient (Wildman–Crippen LogP) is 6.83. The highest BCUT2D eigenvalue weighted by Gasteiger charge is 2.26. The molecule has 30 heavy (non-hydrogen) atoms. The first-order valence-electron chi connectivity index (χ1n) is 10.3. The fraction of sp³-hybridized carbons (Fsp3) is 0.417. The van der Waals surface area contributed by atoms with Crippen molar-refractivity contribution in [2.24, 2.45) is 0 Å². The molecule has 6 heteroatoms. The summed E-state index contributed by atoms with van der Waals surface area (Å²) in [6, 6.07) is 15.4. The highest BCUT2D eigenvalue weighted by molar-refractivity contribution is 9.10. The fourth-order valence-electron chi connectivity index (χ4n) is 3.51. The minimum absolute atomic E-state index is 0.0684. The Bertz CT molecular complexity index is 1030. The van der Waals surface area contributed by atoms with Gasteiger partial charge in [0.25, 0.3) is 0 Å². The molecule has 1 aromatic heterocycles. The molecule has 0 amide bonds. The summed E-state index contributed by atoms with van der Waals surface area (Å²) in [5.41, 5.74) is 5.14. The summed E-state index contributed by atoms with van der Waals surface area (Å²) in [5.74, 6) is 1.81. The number of halogens is 1. The number of thioether (sulfide) groups is 1. The Kier molecular flexibility index (Phi) is 5.52. The number of hydrogen-bond acceptors (Lipinski definition) is 4. The first-order chi connectivity index (χ1) is 14.0. The average Bonchev–Trinajstić information content (AvgIpc) is 3.10. The first-order valence-corrected chi connectivity index (χ1v) is 12.0. The molecule has 4 nitrogen and oxygen atoms in total. The molecule has 158 valence electrons. The first kappa shape index (κ1) is 21.4. The molecule has 2 aromatic carbocycles. The molecule has 0 saturated carbocycles. The molecule has 0 saturated heterocycles. The van der Waals surface area contributed by atoms with Gasteiger partial charge in [-0.1, -0.05) is 75.3 Å². The molecule has 0 unspecified atom stereocenters. The number of benzene rings is 2. The smallest absolute Gasteiger partial charge is 0.194 e. The lowest BCUT2D eigenvalue weighted by atomic mass is 9.79. The molecule has 1 aliphatic rings. The number of aromatic nitrogens is 3. The summed E-state index contributed by atoms with van der Waals surface area (Å²) < 4.78 is 3.33. The van der Waals surface area contributed by atoms with Gasteiger partial charge in [0, 0.05) is 15.7 Å². The molecular weight excluding hydrogens is 456 g/mol. The van der Waals surface area contributed by atoms with E-state index in [2.05, 4.69) is 120 Å². The summed E-state index contributed by atoms with van der Waals surface area (Å²) in [6.07, 6.45) is 0. The van der Waals surface area contributed by atoms with Crippen LogP contribution in [0.25, 0.3) is 11.4 Å². The highest BCUT2D eigenvalue weighted by Crippen LogP contribution is 2.36. The number of anilines is 1. The second-order valence-electron chi connectivity index (χ2n) is 9.96.